The number of nitrogens with zero attached hydrogens (tertiary/aromatic N) is 2. The average molecular weight is 356 g/mol. The van der Waals surface area contributed by atoms with Crippen LogP contribution in [0.1, 0.15) is 36.7 Å². The van der Waals surface area contributed by atoms with Crippen molar-refractivity contribution >= 4 is 28.8 Å². The molecule has 0 atom stereocenters. The average Bonchev–Trinajstić information content (AvgIpc) is 3.21. The van der Waals surface area contributed by atoms with Gasteiger partial charge in [0, 0.05) is 11.3 Å². The second kappa shape index (κ2) is 7.27. The lowest BCUT2D eigenvalue weighted by Gasteiger charge is -2.06. The molecule has 0 fully saturated rings. The van der Waals surface area contributed by atoms with Crippen molar-refractivity contribution in [2.45, 2.75) is 20.4 Å². The third-order valence-electron chi connectivity index (χ3n) is 3.34. The summed E-state index contributed by atoms with van der Waals surface area (Å²) in [5.74, 6) is 0.958. The topological polar surface area (TPSA) is 97.1 Å². The van der Waals surface area contributed by atoms with Crippen LogP contribution in [-0.2, 0) is 6.54 Å². The van der Waals surface area contributed by atoms with E-state index in [4.69, 9.17) is 4.42 Å². The number of rotatable bonds is 5. The van der Waals surface area contributed by atoms with Gasteiger partial charge in [-0.3, -0.25) is 9.59 Å². The summed E-state index contributed by atoms with van der Waals surface area (Å²) < 4.78 is 5.40. The first-order chi connectivity index (χ1) is 12.0. The lowest BCUT2D eigenvalue weighted by molar-refractivity contribution is 0.0947. The molecule has 0 radical (unpaired) electrons. The first kappa shape index (κ1) is 16.8. The van der Waals surface area contributed by atoms with Crippen molar-refractivity contribution in [3.05, 3.63) is 63.5 Å². The fourth-order valence-corrected chi connectivity index (χ4v) is 2.71. The van der Waals surface area contributed by atoms with E-state index in [1.165, 1.54) is 11.3 Å². The molecule has 7 nitrogen and oxygen atoms in total. The van der Waals surface area contributed by atoms with Gasteiger partial charge in [0.15, 0.2) is 0 Å². The number of nitrogens with one attached hydrogen (secondary N) is 2. The highest BCUT2D eigenvalue weighted by Gasteiger charge is 2.12. The van der Waals surface area contributed by atoms with Crippen molar-refractivity contribution < 1.29 is 14.0 Å². The number of carbonyl (C=O) groups excluding carboxylic acids is 2. The number of hydrogen-bond acceptors (Lipinski definition) is 6. The van der Waals surface area contributed by atoms with Crippen LogP contribution < -0.4 is 10.6 Å². The molecule has 3 rings (SSSR count). The first-order valence-corrected chi connectivity index (χ1v) is 8.38. The van der Waals surface area contributed by atoms with E-state index in [0.717, 1.165) is 10.8 Å². The Morgan fingerprint density at radius 2 is 1.80 bits per heavy atom. The lowest BCUT2D eigenvalue weighted by Crippen LogP contribution is -2.22. The Kier molecular flexibility index (Phi) is 4.90. The molecule has 2 N–H and O–H groups in total. The smallest absolute Gasteiger partial charge is 0.286 e. The number of carbonyl (C=O) groups is 2. The Balaban J connectivity index is 1.57. The summed E-state index contributed by atoms with van der Waals surface area (Å²) in [4.78, 5) is 24.1. The molecule has 0 spiro atoms. The van der Waals surface area contributed by atoms with Crippen LogP contribution in [0, 0.1) is 13.8 Å². The minimum absolute atomic E-state index is 0.216. The second-order valence-electron chi connectivity index (χ2n) is 5.35. The highest BCUT2D eigenvalue weighted by molar-refractivity contribution is 7.13. The van der Waals surface area contributed by atoms with Crippen LogP contribution in [-0.4, -0.2) is 22.0 Å². The van der Waals surface area contributed by atoms with Crippen molar-refractivity contribution in [3.8, 4) is 0 Å². The number of amides is 2. The summed E-state index contributed by atoms with van der Waals surface area (Å²) >= 11 is 1.22. The minimum Gasteiger partial charge on any atom is -0.465 e. The van der Waals surface area contributed by atoms with Gasteiger partial charge in [-0.15, -0.1) is 10.2 Å². The van der Waals surface area contributed by atoms with Crippen LogP contribution in [0.3, 0.4) is 0 Å². The molecule has 0 unspecified atom stereocenters. The molecule has 128 valence electrons. The van der Waals surface area contributed by atoms with Crippen LogP contribution in [0.5, 0.6) is 0 Å². The Bertz CT molecular complexity index is 899. The van der Waals surface area contributed by atoms with Crippen LogP contribution in [0.15, 0.2) is 40.8 Å². The summed E-state index contributed by atoms with van der Waals surface area (Å²) in [5.41, 5.74) is 1.07. The van der Waals surface area contributed by atoms with E-state index in [1.807, 2.05) is 19.1 Å². The number of aromatic nitrogens is 2. The Morgan fingerprint density at radius 3 is 2.40 bits per heavy atom. The van der Waals surface area contributed by atoms with Crippen LogP contribution >= 0.6 is 11.3 Å². The van der Waals surface area contributed by atoms with Gasteiger partial charge in [-0.2, -0.15) is 0 Å². The highest BCUT2D eigenvalue weighted by atomic mass is 32.1. The SMILES string of the molecule is Cc1ccc(CNC(=O)c2ccc(NC(=O)c3nnc(C)s3)cc2)o1. The van der Waals surface area contributed by atoms with Gasteiger partial charge in [0.05, 0.1) is 6.54 Å². The normalized spacial score (nSPS) is 10.5. The minimum atomic E-state index is -0.323. The maximum atomic E-state index is 12.1. The quantitative estimate of drug-likeness (QED) is 0.732. The van der Waals surface area contributed by atoms with E-state index in [1.54, 1.807) is 31.2 Å². The van der Waals surface area contributed by atoms with E-state index >= 15 is 0 Å². The first-order valence-electron chi connectivity index (χ1n) is 7.56. The van der Waals surface area contributed by atoms with E-state index in [2.05, 4.69) is 20.8 Å². The van der Waals surface area contributed by atoms with Gasteiger partial charge in [-0.1, -0.05) is 11.3 Å². The molecule has 0 saturated heterocycles. The number of aryl methyl sites for hydroxylation is 2. The largest absolute Gasteiger partial charge is 0.465 e. The number of benzene rings is 1. The summed E-state index contributed by atoms with van der Waals surface area (Å²) in [6, 6.07) is 10.3. The van der Waals surface area contributed by atoms with Crippen molar-refractivity contribution in [1.82, 2.24) is 15.5 Å². The number of furan rings is 1. The molecule has 0 saturated carbocycles. The third-order valence-corrected chi connectivity index (χ3v) is 4.18. The molecule has 0 aliphatic carbocycles. The second-order valence-corrected chi connectivity index (χ2v) is 6.53. The van der Waals surface area contributed by atoms with E-state index in [0.29, 0.717) is 28.6 Å². The van der Waals surface area contributed by atoms with Crippen LogP contribution in [0.4, 0.5) is 5.69 Å². The van der Waals surface area contributed by atoms with Gasteiger partial charge < -0.3 is 15.1 Å². The molecule has 2 aromatic heterocycles. The predicted octanol–water partition coefficient (Wildman–Crippen LogP) is 2.93. The van der Waals surface area contributed by atoms with E-state index in [9.17, 15) is 9.59 Å². The highest BCUT2D eigenvalue weighted by Crippen LogP contribution is 2.14. The zero-order valence-corrected chi connectivity index (χ0v) is 14.5. The molecule has 3 aromatic rings. The summed E-state index contributed by atoms with van der Waals surface area (Å²) in [6.45, 7) is 3.95. The molecule has 2 amide bonds. The van der Waals surface area contributed by atoms with Gasteiger partial charge >= 0.3 is 0 Å². The summed E-state index contributed by atoms with van der Waals surface area (Å²) in [5, 5.41) is 14.1. The zero-order valence-electron chi connectivity index (χ0n) is 13.7. The van der Waals surface area contributed by atoms with E-state index < -0.39 is 0 Å². The molecule has 1 aromatic carbocycles. The van der Waals surface area contributed by atoms with Crippen LogP contribution in [0.2, 0.25) is 0 Å². The maximum absolute atomic E-state index is 12.1. The van der Waals surface area contributed by atoms with Gasteiger partial charge in [-0.25, -0.2) is 0 Å². The van der Waals surface area contributed by atoms with Crippen molar-refractivity contribution in [2.24, 2.45) is 0 Å². The maximum Gasteiger partial charge on any atom is 0.286 e. The van der Waals surface area contributed by atoms with Gasteiger partial charge in [0.25, 0.3) is 11.8 Å². The van der Waals surface area contributed by atoms with Gasteiger partial charge in [-0.05, 0) is 50.2 Å². The lowest BCUT2D eigenvalue weighted by atomic mass is 10.2. The molecule has 0 bridgehead atoms. The standard InChI is InChI=1S/C17H16N4O3S/c1-10-3-8-14(24-10)9-18-15(22)12-4-6-13(7-5-12)19-16(23)17-21-20-11(2)25-17/h3-8H,9H2,1-2H3,(H,18,22)(H,19,23). The summed E-state index contributed by atoms with van der Waals surface area (Å²) in [6.07, 6.45) is 0. The monoisotopic (exact) mass is 356 g/mol. The molecule has 0 aliphatic rings. The summed E-state index contributed by atoms with van der Waals surface area (Å²) in [7, 11) is 0. The van der Waals surface area contributed by atoms with Gasteiger partial charge in [0.2, 0.25) is 5.01 Å². The Labute approximate surface area is 148 Å². The molecule has 0 aliphatic heterocycles. The Morgan fingerprint density at radius 1 is 1.04 bits per heavy atom. The zero-order chi connectivity index (χ0) is 17.8. The van der Waals surface area contributed by atoms with Crippen molar-refractivity contribution in [2.75, 3.05) is 5.32 Å². The Hall–Kier alpha value is -3.00. The molecule has 8 heteroatoms. The molecule has 25 heavy (non-hydrogen) atoms. The molecular formula is C17H16N4O3S. The fourth-order valence-electron chi connectivity index (χ4n) is 2.13. The van der Waals surface area contributed by atoms with Gasteiger partial charge in [0.1, 0.15) is 16.5 Å². The van der Waals surface area contributed by atoms with Crippen molar-refractivity contribution in [3.63, 3.8) is 0 Å². The number of anilines is 1. The number of hydrogen-bond donors (Lipinski definition) is 2. The van der Waals surface area contributed by atoms with E-state index in [-0.39, 0.29) is 11.8 Å². The molecule has 2 heterocycles. The van der Waals surface area contributed by atoms with Crippen molar-refractivity contribution in [1.29, 1.82) is 0 Å². The third kappa shape index (κ3) is 4.30. The van der Waals surface area contributed by atoms with Crippen LogP contribution in [0.25, 0.3) is 0 Å². The molecular weight excluding hydrogens is 340 g/mol. The fraction of sp³-hybridized carbons (Fsp3) is 0.176. The predicted molar refractivity (Wildman–Crippen MR) is 93.7 cm³/mol.